The molecule has 1 aromatic heterocycles. The highest BCUT2D eigenvalue weighted by molar-refractivity contribution is 9.10. The zero-order chi connectivity index (χ0) is 13.7. The van der Waals surface area contributed by atoms with Gasteiger partial charge in [-0.3, -0.25) is 0 Å². The molecular formula is C16H18BrNO. The van der Waals surface area contributed by atoms with Gasteiger partial charge in [0.2, 0.25) is 0 Å². The lowest BCUT2D eigenvalue weighted by molar-refractivity contribution is 0.107. The number of rotatable bonds is 5. The molecule has 1 aromatic carbocycles. The minimum absolute atomic E-state index is 0.422. The lowest BCUT2D eigenvalue weighted by Crippen LogP contribution is -1.99. The van der Waals surface area contributed by atoms with E-state index in [4.69, 9.17) is 4.74 Å². The van der Waals surface area contributed by atoms with E-state index >= 15 is 0 Å². The number of hydrogen-bond acceptors (Lipinski definition) is 2. The number of halogens is 1. The van der Waals surface area contributed by atoms with Gasteiger partial charge < -0.3 is 4.74 Å². The second-order valence-electron chi connectivity index (χ2n) is 4.86. The summed E-state index contributed by atoms with van der Waals surface area (Å²) in [5.74, 6) is 0.422. The van der Waals surface area contributed by atoms with Crippen molar-refractivity contribution in [1.82, 2.24) is 4.98 Å². The van der Waals surface area contributed by atoms with Crippen molar-refractivity contribution in [2.75, 3.05) is 0 Å². The van der Waals surface area contributed by atoms with Crippen LogP contribution in [0.1, 0.15) is 36.6 Å². The molecular weight excluding hydrogens is 302 g/mol. The molecule has 2 nitrogen and oxygen atoms in total. The third kappa shape index (κ3) is 4.44. The van der Waals surface area contributed by atoms with E-state index in [1.165, 1.54) is 5.56 Å². The predicted octanol–water partition coefficient (Wildman–Crippen LogP) is 4.68. The van der Waals surface area contributed by atoms with Gasteiger partial charge in [0.15, 0.2) is 0 Å². The van der Waals surface area contributed by atoms with E-state index < -0.39 is 0 Å². The summed E-state index contributed by atoms with van der Waals surface area (Å²) in [6.45, 7) is 5.53. The van der Waals surface area contributed by atoms with Gasteiger partial charge in [-0.2, -0.15) is 0 Å². The topological polar surface area (TPSA) is 22.1 Å². The highest BCUT2D eigenvalue weighted by atomic mass is 79.9. The molecule has 1 heterocycles. The van der Waals surface area contributed by atoms with Crippen LogP contribution in [0.3, 0.4) is 0 Å². The fourth-order valence-corrected chi connectivity index (χ4v) is 2.31. The van der Waals surface area contributed by atoms with Crippen molar-refractivity contribution >= 4 is 15.9 Å². The van der Waals surface area contributed by atoms with E-state index in [2.05, 4.69) is 53.0 Å². The van der Waals surface area contributed by atoms with Crippen molar-refractivity contribution < 1.29 is 4.74 Å². The summed E-state index contributed by atoms with van der Waals surface area (Å²) < 4.78 is 6.62. The molecule has 0 aliphatic heterocycles. The fourth-order valence-electron chi connectivity index (χ4n) is 1.81. The standard InChI is InChI=1S/C16H18BrNO/c1-12(2)15-8-14(9-16(17)18-15)11-19-10-13-6-4-3-5-7-13/h3-9,12H,10-11H2,1-2H3. The van der Waals surface area contributed by atoms with Crippen molar-refractivity contribution in [2.24, 2.45) is 0 Å². The summed E-state index contributed by atoms with van der Waals surface area (Å²) in [7, 11) is 0. The Balaban J connectivity index is 1.96. The maximum Gasteiger partial charge on any atom is 0.106 e. The number of hydrogen-bond donors (Lipinski definition) is 0. The Morgan fingerprint density at radius 3 is 2.42 bits per heavy atom. The number of nitrogens with zero attached hydrogens (tertiary/aromatic N) is 1. The van der Waals surface area contributed by atoms with Crippen LogP contribution in [-0.2, 0) is 18.0 Å². The van der Waals surface area contributed by atoms with Crippen LogP contribution in [-0.4, -0.2) is 4.98 Å². The number of pyridine rings is 1. The Kier molecular flexibility index (Phi) is 5.11. The largest absolute Gasteiger partial charge is 0.372 e. The van der Waals surface area contributed by atoms with Gasteiger partial charge in [0.1, 0.15) is 4.60 Å². The molecule has 2 rings (SSSR count). The van der Waals surface area contributed by atoms with Gasteiger partial charge in [-0.25, -0.2) is 4.98 Å². The molecule has 0 radical (unpaired) electrons. The quantitative estimate of drug-likeness (QED) is 0.746. The Labute approximate surface area is 123 Å². The second-order valence-corrected chi connectivity index (χ2v) is 5.67. The first-order valence-corrected chi connectivity index (χ1v) is 7.22. The minimum Gasteiger partial charge on any atom is -0.372 e. The molecule has 0 saturated carbocycles. The molecule has 0 saturated heterocycles. The molecule has 0 amide bonds. The van der Waals surface area contributed by atoms with Crippen LogP contribution in [0.2, 0.25) is 0 Å². The first-order valence-electron chi connectivity index (χ1n) is 6.43. The Morgan fingerprint density at radius 2 is 1.74 bits per heavy atom. The summed E-state index contributed by atoms with van der Waals surface area (Å²) >= 11 is 3.45. The van der Waals surface area contributed by atoms with E-state index in [1.54, 1.807) is 0 Å². The van der Waals surface area contributed by atoms with Crippen molar-refractivity contribution in [3.63, 3.8) is 0 Å². The summed E-state index contributed by atoms with van der Waals surface area (Å²) in [6, 6.07) is 14.3. The zero-order valence-corrected chi connectivity index (χ0v) is 12.9. The lowest BCUT2D eigenvalue weighted by Gasteiger charge is -2.09. The number of benzene rings is 1. The molecule has 2 aromatic rings. The first kappa shape index (κ1) is 14.2. The van der Waals surface area contributed by atoms with Crippen LogP contribution in [0.25, 0.3) is 0 Å². The normalized spacial score (nSPS) is 10.9. The predicted molar refractivity (Wildman–Crippen MR) is 81.0 cm³/mol. The van der Waals surface area contributed by atoms with Gasteiger partial charge >= 0.3 is 0 Å². The summed E-state index contributed by atoms with van der Waals surface area (Å²) in [5.41, 5.74) is 3.44. The monoisotopic (exact) mass is 319 g/mol. The Bertz CT molecular complexity index is 526. The highest BCUT2D eigenvalue weighted by Crippen LogP contribution is 2.19. The average Bonchev–Trinajstić information content (AvgIpc) is 2.39. The van der Waals surface area contributed by atoms with Gasteiger partial charge in [-0.1, -0.05) is 44.2 Å². The van der Waals surface area contributed by atoms with E-state index in [0.29, 0.717) is 19.1 Å². The smallest absolute Gasteiger partial charge is 0.106 e. The van der Waals surface area contributed by atoms with Crippen LogP contribution >= 0.6 is 15.9 Å². The highest BCUT2D eigenvalue weighted by Gasteiger charge is 2.05. The van der Waals surface area contributed by atoms with E-state index in [-0.39, 0.29) is 0 Å². The molecule has 19 heavy (non-hydrogen) atoms. The molecule has 0 unspecified atom stereocenters. The van der Waals surface area contributed by atoms with Gasteiger partial charge in [-0.15, -0.1) is 0 Å². The van der Waals surface area contributed by atoms with E-state index in [1.807, 2.05) is 24.3 Å². The average molecular weight is 320 g/mol. The Hall–Kier alpha value is -1.19. The maximum atomic E-state index is 5.75. The Morgan fingerprint density at radius 1 is 1.05 bits per heavy atom. The van der Waals surface area contributed by atoms with Gasteiger partial charge in [0.05, 0.1) is 13.2 Å². The van der Waals surface area contributed by atoms with Crippen molar-refractivity contribution in [3.05, 3.63) is 63.9 Å². The maximum absolute atomic E-state index is 5.75. The number of ether oxygens (including phenoxy) is 1. The number of aromatic nitrogens is 1. The second kappa shape index (κ2) is 6.83. The zero-order valence-electron chi connectivity index (χ0n) is 11.3. The summed E-state index contributed by atoms with van der Waals surface area (Å²) in [4.78, 5) is 4.46. The van der Waals surface area contributed by atoms with Crippen molar-refractivity contribution in [1.29, 1.82) is 0 Å². The van der Waals surface area contributed by atoms with Gasteiger partial charge in [0.25, 0.3) is 0 Å². The third-order valence-corrected chi connectivity index (χ3v) is 3.25. The molecule has 0 fully saturated rings. The van der Waals surface area contributed by atoms with Crippen molar-refractivity contribution in [2.45, 2.75) is 33.0 Å². The lowest BCUT2D eigenvalue weighted by atomic mass is 10.1. The molecule has 0 aliphatic rings. The van der Waals surface area contributed by atoms with Crippen LogP contribution in [0.15, 0.2) is 47.1 Å². The molecule has 0 bridgehead atoms. The summed E-state index contributed by atoms with van der Waals surface area (Å²) in [6.07, 6.45) is 0. The van der Waals surface area contributed by atoms with Crippen molar-refractivity contribution in [3.8, 4) is 0 Å². The molecule has 0 N–H and O–H groups in total. The fraction of sp³-hybridized carbons (Fsp3) is 0.312. The SMILES string of the molecule is CC(C)c1cc(COCc2ccccc2)cc(Br)n1. The first-order chi connectivity index (χ1) is 9.15. The van der Waals surface area contributed by atoms with E-state index in [0.717, 1.165) is 15.9 Å². The van der Waals surface area contributed by atoms with E-state index in [9.17, 15) is 0 Å². The minimum atomic E-state index is 0.422. The van der Waals surface area contributed by atoms with Crippen LogP contribution in [0, 0.1) is 0 Å². The molecule has 0 atom stereocenters. The van der Waals surface area contributed by atoms with Crippen LogP contribution < -0.4 is 0 Å². The van der Waals surface area contributed by atoms with Crippen LogP contribution in [0.4, 0.5) is 0 Å². The molecule has 100 valence electrons. The van der Waals surface area contributed by atoms with Crippen LogP contribution in [0.5, 0.6) is 0 Å². The summed E-state index contributed by atoms with van der Waals surface area (Å²) in [5, 5.41) is 0. The van der Waals surface area contributed by atoms with Gasteiger partial charge in [-0.05, 0) is 45.1 Å². The third-order valence-electron chi connectivity index (χ3n) is 2.85. The van der Waals surface area contributed by atoms with Gasteiger partial charge in [0, 0.05) is 5.69 Å². The molecule has 0 aliphatic carbocycles. The molecule has 0 spiro atoms. The molecule has 3 heteroatoms.